The van der Waals surface area contributed by atoms with Crippen LogP contribution in [-0.4, -0.2) is 62.1 Å². The number of methoxy groups -OCH3 is 1. The van der Waals surface area contributed by atoms with Gasteiger partial charge >= 0.3 is 0 Å². The zero-order valence-electron chi connectivity index (χ0n) is 19.1. The molecule has 178 valence electrons. The van der Waals surface area contributed by atoms with Gasteiger partial charge < -0.3 is 15.0 Å². The lowest BCUT2D eigenvalue weighted by atomic mass is 10.1. The number of sulfonamides is 1. The minimum absolute atomic E-state index is 0.119. The van der Waals surface area contributed by atoms with Gasteiger partial charge in [0.1, 0.15) is 5.75 Å². The Morgan fingerprint density at radius 2 is 1.74 bits per heavy atom. The second kappa shape index (κ2) is 10.2. The van der Waals surface area contributed by atoms with Crippen LogP contribution in [0.25, 0.3) is 11.3 Å². The molecular weight excluding hydrogens is 454 g/mol. The first-order chi connectivity index (χ1) is 16.4. The van der Waals surface area contributed by atoms with Crippen LogP contribution < -0.4 is 15.0 Å². The Bertz CT molecular complexity index is 1240. The predicted molar refractivity (Wildman–Crippen MR) is 130 cm³/mol. The number of hydrogen-bond donors (Lipinski definition) is 1. The Hall–Kier alpha value is -3.50. The maximum Gasteiger partial charge on any atom is 0.243 e. The Kier molecular flexibility index (Phi) is 7.09. The van der Waals surface area contributed by atoms with Gasteiger partial charge in [-0.2, -0.15) is 4.31 Å². The number of benzene rings is 2. The largest absolute Gasteiger partial charge is 0.497 e. The van der Waals surface area contributed by atoms with E-state index in [2.05, 4.69) is 15.5 Å². The van der Waals surface area contributed by atoms with E-state index in [0.29, 0.717) is 44.1 Å². The highest BCUT2D eigenvalue weighted by Crippen LogP contribution is 2.24. The van der Waals surface area contributed by atoms with Gasteiger partial charge in [0.25, 0.3) is 0 Å². The summed E-state index contributed by atoms with van der Waals surface area (Å²) < 4.78 is 32.8. The van der Waals surface area contributed by atoms with Crippen molar-refractivity contribution >= 4 is 27.4 Å². The first kappa shape index (κ1) is 23.7. The zero-order valence-corrected chi connectivity index (χ0v) is 20.0. The van der Waals surface area contributed by atoms with Crippen molar-refractivity contribution in [1.82, 2.24) is 14.5 Å². The number of carbonyl (C=O) groups is 1. The van der Waals surface area contributed by atoms with Gasteiger partial charge in [-0.05, 0) is 48.5 Å². The molecule has 34 heavy (non-hydrogen) atoms. The molecule has 0 aliphatic carbocycles. The summed E-state index contributed by atoms with van der Waals surface area (Å²) in [6.45, 7) is 3.47. The van der Waals surface area contributed by atoms with Gasteiger partial charge in [0, 0.05) is 43.9 Å². The summed E-state index contributed by atoms with van der Waals surface area (Å²) in [5, 5.41) is 11.4. The number of nitrogens with one attached hydrogen (secondary N) is 1. The van der Waals surface area contributed by atoms with Crippen molar-refractivity contribution in [3.8, 4) is 17.0 Å². The molecule has 1 saturated heterocycles. The minimum atomic E-state index is -3.62. The average Bonchev–Trinajstić information content (AvgIpc) is 2.89. The molecule has 0 radical (unpaired) electrons. The Morgan fingerprint density at radius 3 is 2.35 bits per heavy atom. The molecule has 1 fully saturated rings. The van der Waals surface area contributed by atoms with Crippen molar-refractivity contribution in [2.45, 2.75) is 18.2 Å². The van der Waals surface area contributed by atoms with E-state index < -0.39 is 10.0 Å². The summed E-state index contributed by atoms with van der Waals surface area (Å²) in [4.78, 5) is 13.8. The Balaban J connectivity index is 1.39. The minimum Gasteiger partial charge on any atom is -0.497 e. The summed E-state index contributed by atoms with van der Waals surface area (Å²) in [6, 6.07) is 17.7. The fourth-order valence-corrected chi connectivity index (χ4v) is 5.12. The molecule has 2 heterocycles. The van der Waals surface area contributed by atoms with E-state index in [1.165, 1.54) is 16.4 Å². The molecule has 1 amide bonds. The molecule has 10 heteroatoms. The lowest BCUT2D eigenvalue weighted by Gasteiger charge is -2.34. The highest BCUT2D eigenvalue weighted by molar-refractivity contribution is 7.89. The van der Waals surface area contributed by atoms with E-state index in [-0.39, 0.29) is 10.8 Å². The number of carbonyl (C=O) groups excluding carboxylic acids is 1. The van der Waals surface area contributed by atoms with E-state index in [1.807, 2.05) is 41.3 Å². The number of nitrogens with zero attached hydrogens (tertiary/aromatic N) is 4. The Labute approximate surface area is 199 Å². The molecule has 0 atom stereocenters. The predicted octanol–water partition coefficient (Wildman–Crippen LogP) is 3.01. The van der Waals surface area contributed by atoms with Gasteiger partial charge in [0.05, 0.1) is 17.7 Å². The standard InChI is InChI=1S/C24H27N5O4S/c1-3-24(30)25-19-7-9-21(10-8-19)34(31,32)29-15-13-28(14-16-29)23-12-11-22(26-27-23)18-5-4-6-20(17-18)33-2/h4-12,17H,3,13-16H2,1-2H3,(H,25,30). The summed E-state index contributed by atoms with van der Waals surface area (Å²) in [6.07, 6.45) is 0.360. The van der Waals surface area contributed by atoms with E-state index in [4.69, 9.17) is 4.74 Å². The summed E-state index contributed by atoms with van der Waals surface area (Å²) >= 11 is 0. The van der Waals surface area contributed by atoms with Gasteiger partial charge in [-0.15, -0.1) is 10.2 Å². The fourth-order valence-electron chi connectivity index (χ4n) is 3.70. The first-order valence-corrected chi connectivity index (χ1v) is 12.5. The van der Waals surface area contributed by atoms with Crippen LogP contribution in [0.5, 0.6) is 5.75 Å². The van der Waals surface area contributed by atoms with Crippen molar-refractivity contribution in [2.75, 3.05) is 43.5 Å². The number of ether oxygens (including phenoxy) is 1. The first-order valence-electron chi connectivity index (χ1n) is 11.0. The topological polar surface area (TPSA) is 105 Å². The van der Waals surface area contributed by atoms with E-state index >= 15 is 0 Å². The smallest absolute Gasteiger partial charge is 0.243 e. The van der Waals surface area contributed by atoms with E-state index in [0.717, 1.165) is 17.0 Å². The molecule has 3 aromatic rings. The number of piperazine rings is 1. The van der Waals surface area contributed by atoms with Gasteiger partial charge in [0.15, 0.2) is 5.82 Å². The van der Waals surface area contributed by atoms with Crippen LogP contribution in [0.4, 0.5) is 11.5 Å². The second-order valence-corrected chi connectivity index (χ2v) is 9.76. The molecular formula is C24H27N5O4S. The second-order valence-electron chi connectivity index (χ2n) is 7.83. The number of anilines is 2. The molecule has 0 unspecified atom stereocenters. The summed E-state index contributed by atoms with van der Waals surface area (Å²) in [5.41, 5.74) is 2.23. The maximum absolute atomic E-state index is 13.1. The molecule has 1 aliphatic heterocycles. The fraction of sp³-hybridized carbons (Fsp3) is 0.292. The normalized spacial score (nSPS) is 14.6. The quantitative estimate of drug-likeness (QED) is 0.553. The van der Waals surface area contributed by atoms with Crippen molar-refractivity contribution < 1.29 is 17.9 Å². The lowest BCUT2D eigenvalue weighted by molar-refractivity contribution is -0.115. The highest BCUT2D eigenvalue weighted by atomic mass is 32.2. The van der Waals surface area contributed by atoms with Crippen molar-refractivity contribution in [3.05, 3.63) is 60.7 Å². The summed E-state index contributed by atoms with van der Waals surface area (Å²) in [7, 11) is -2.00. The van der Waals surface area contributed by atoms with Crippen LogP contribution in [0.1, 0.15) is 13.3 Å². The third kappa shape index (κ3) is 5.18. The van der Waals surface area contributed by atoms with E-state index in [1.54, 1.807) is 26.2 Å². The average molecular weight is 482 g/mol. The van der Waals surface area contributed by atoms with Crippen molar-refractivity contribution in [1.29, 1.82) is 0 Å². The SMILES string of the molecule is CCC(=O)Nc1ccc(S(=O)(=O)N2CCN(c3ccc(-c4cccc(OC)c4)nn3)CC2)cc1. The molecule has 0 bridgehead atoms. The molecule has 4 rings (SSSR count). The number of aromatic nitrogens is 2. The van der Waals surface area contributed by atoms with Gasteiger partial charge in [-0.3, -0.25) is 4.79 Å². The van der Waals surface area contributed by atoms with E-state index in [9.17, 15) is 13.2 Å². The maximum atomic E-state index is 13.1. The molecule has 1 aromatic heterocycles. The molecule has 2 aromatic carbocycles. The molecule has 0 saturated carbocycles. The molecule has 1 N–H and O–H groups in total. The van der Waals surface area contributed by atoms with Crippen LogP contribution in [0, 0.1) is 0 Å². The Morgan fingerprint density at radius 1 is 1.00 bits per heavy atom. The van der Waals surface area contributed by atoms with Crippen LogP contribution in [0.3, 0.4) is 0 Å². The monoisotopic (exact) mass is 481 g/mol. The third-order valence-electron chi connectivity index (χ3n) is 5.68. The summed E-state index contributed by atoms with van der Waals surface area (Å²) in [5.74, 6) is 1.34. The number of amides is 1. The zero-order chi connectivity index (χ0) is 24.1. The number of rotatable bonds is 7. The van der Waals surface area contributed by atoms with Crippen molar-refractivity contribution in [2.24, 2.45) is 0 Å². The highest BCUT2D eigenvalue weighted by Gasteiger charge is 2.29. The molecule has 9 nitrogen and oxygen atoms in total. The molecule has 0 spiro atoms. The van der Waals surface area contributed by atoms with Crippen LogP contribution >= 0.6 is 0 Å². The van der Waals surface area contributed by atoms with Gasteiger partial charge in [0.2, 0.25) is 15.9 Å². The lowest BCUT2D eigenvalue weighted by Crippen LogP contribution is -2.49. The van der Waals surface area contributed by atoms with Crippen LogP contribution in [0.15, 0.2) is 65.6 Å². The molecule has 1 aliphatic rings. The van der Waals surface area contributed by atoms with Crippen LogP contribution in [-0.2, 0) is 14.8 Å². The third-order valence-corrected chi connectivity index (χ3v) is 7.59. The van der Waals surface area contributed by atoms with Crippen molar-refractivity contribution in [3.63, 3.8) is 0 Å². The van der Waals surface area contributed by atoms with Gasteiger partial charge in [-0.1, -0.05) is 19.1 Å². The number of hydrogen-bond acceptors (Lipinski definition) is 7. The van der Waals surface area contributed by atoms with Crippen LogP contribution in [0.2, 0.25) is 0 Å². The van der Waals surface area contributed by atoms with Gasteiger partial charge in [-0.25, -0.2) is 8.42 Å².